The van der Waals surface area contributed by atoms with Crippen LogP contribution in [0.15, 0.2) is 30.3 Å². The molecule has 1 aromatic rings. The fourth-order valence-corrected chi connectivity index (χ4v) is 2.46. The summed E-state index contributed by atoms with van der Waals surface area (Å²) >= 11 is 0. The molecule has 0 aliphatic rings. The number of quaternary nitrogens is 3. The summed E-state index contributed by atoms with van der Waals surface area (Å²) in [6.07, 6.45) is 15.5. The van der Waals surface area contributed by atoms with Gasteiger partial charge >= 0.3 is 0 Å². The molecule has 1 aromatic carbocycles. The molecule has 0 amide bonds. The zero-order valence-electron chi connectivity index (χ0n) is 18.9. The summed E-state index contributed by atoms with van der Waals surface area (Å²) in [5.41, 5.74) is 1.50. The quantitative estimate of drug-likeness (QED) is 0.122. The number of nitrogens with zero attached hydrogens (tertiary/aromatic N) is 1. The van der Waals surface area contributed by atoms with Crippen molar-refractivity contribution in [1.29, 1.82) is 0 Å². The van der Waals surface area contributed by atoms with E-state index in [1.807, 2.05) is 0 Å². The third-order valence-electron chi connectivity index (χ3n) is 3.66. The van der Waals surface area contributed by atoms with Crippen molar-refractivity contribution in [3.05, 3.63) is 51.2 Å². The van der Waals surface area contributed by atoms with Crippen molar-refractivity contribution < 1.29 is 22.6 Å². The van der Waals surface area contributed by atoms with Crippen LogP contribution in [-0.4, -0.2) is 22.6 Å². The molecule has 0 radical (unpaired) electrons. The number of hydrogen-bond donors (Lipinski definition) is 3. The van der Waals surface area contributed by atoms with Gasteiger partial charge in [0.05, 0.1) is 5.09 Å². The molecule has 0 atom stereocenters. The lowest BCUT2D eigenvalue weighted by atomic mass is 10.0. The molecule has 0 unspecified atom stereocenters. The fourth-order valence-electron chi connectivity index (χ4n) is 2.46. The minimum Gasteiger partial charge on any atom is -0.759 e. The van der Waals surface area contributed by atoms with E-state index in [9.17, 15) is 0 Å². The molecule has 0 aliphatic heterocycles. The van der Waals surface area contributed by atoms with Crippen molar-refractivity contribution in [3.8, 4) is 0 Å². The second-order valence-electron chi connectivity index (χ2n) is 6.05. The van der Waals surface area contributed by atoms with Gasteiger partial charge in [-0.2, -0.15) is 0 Å². The maximum atomic E-state index is 8.52. The van der Waals surface area contributed by atoms with E-state index in [-0.39, 0.29) is 18.5 Å². The smallest absolute Gasteiger partial charge is 0.0689 e. The zero-order chi connectivity index (χ0) is 21.0. The van der Waals surface area contributed by atoms with Crippen LogP contribution >= 0.6 is 0 Å². The van der Waals surface area contributed by atoms with E-state index in [1.54, 1.807) is 0 Å². The Balaban J connectivity index is -0.000000148. The minimum absolute atomic E-state index is 0. The number of unbranched alkanes of at least 4 members (excludes halogenated alkanes) is 9. The average molecular weight is 459 g/mol. The van der Waals surface area contributed by atoms with Crippen molar-refractivity contribution in [2.24, 2.45) is 0 Å². The SMILES string of the molecule is CCCCCCCCCCCCc1ccccc1.O=S(=O)([O-])[O-].O=[N+]([O-])[O-].[NH4+].[NH4+].[NH4+]. The van der Waals surface area contributed by atoms with Crippen LogP contribution in [0.2, 0.25) is 0 Å². The third kappa shape index (κ3) is 50.2. The molecule has 1 rings (SSSR count). The highest BCUT2D eigenvalue weighted by molar-refractivity contribution is 7.79. The van der Waals surface area contributed by atoms with Gasteiger partial charge in [0.2, 0.25) is 0 Å². The lowest BCUT2D eigenvalue weighted by Crippen LogP contribution is -1.91. The second kappa shape index (κ2) is 27.2. The van der Waals surface area contributed by atoms with Crippen molar-refractivity contribution in [1.82, 2.24) is 18.5 Å². The van der Waals surface area contributed by atoms with Gasteiger partial charge in [0, 0.05) is 10.4 Å². The first-order valence-electron chi connectivity index (χ1n) is 9.19. The Morgan fingerprint density at radius 1 is 0.733 bits per heavy atom. The zero-order valence-corrected chi connectivity index (χ0v) is 19.7. The summed E-state index contributed by atoms with van der Waals surface area (Å²) in [5, 5.41) is 14.8. The molecule has 0 bridgehead atoms. The van der Waals surface area contributed by atoms with Crippen LogP contribution in [0.25, 0.3) is 0 Å². The predicted octanol–water partition coefficient (Wildman–Crippen LogP) is 5.70. The Hall–Kier alpha value is -1.83. The topological polar surface area (TPSA) is 256 Å². The Morgan fingerprint density at radius 2 is 1.03 bits per heavy atom. The highest BCUT2D eigenvalue weighted by Gasteiger charge is 1.94. The molecular formula is C18H42N4O7S. The van der Waals surface area contributed by atoms with E-state index in [0.717, 1.165) is 0 Å². The maximum Gasteiger partial charge on any atom is 0.0689 e. The maximum absolute atomic E-state index is 8.52. The molecular weight excluding hydrogens is 416 g/mol. The van der Waals surface area contributed by atoms with Crippen molar-refractivity contribution in [2.75, 3.05) is 0 Å². The molecule has 0 fully saturated rings. The summed E-state index contributed by atoms with van der Waals surface area (Å²) in [6, 6.07) is 10.9. The largest absolute Gasteiger partial charge is 0.759 e. The van der Waals surface area contributed by atoms with Crippen LogP contribution in [0, 0.1) is 15.3 Å². The van der Waals surface area contributed by atoms with Gasteiger partial charge in [-0.15, -0.1) is 0 Å². The van der Waals surface area contributed by atoms with Gasteiger partial charge in [0.1, 0.15) is 0 Å². The van der Waals surface area contributed by atoms with Crippen LogP contribution in [0.1, 0.15) is 76.7 Å². The first kappa shape index (κ1) is 38.7. The first-order chi connectivity index (χ1) is 12.7. The Labute approximate surface area is 180 Å². The summed E-state index contributed by atoms with van der Waals surface area (Å²) in [4.78, 5) is 8.25. The van der Waals surface area contributed by atoms with Gasteiger partial charge in [-0.05, 0) is 18.4 Å². The average Bonchev–Trinajstić information content (AvgIpc) is 2.55. The van der Waals surface area contributed by atoms with E-state index < -0.39 is 15.5 Å². The molecule has 0 heterocycles. The van der Waals surface area contributed by atoms with Crippen LogP contribution in [0.3, 0.4) is 0 Å². The molecule has 12 heteroatoms. The summed E-state index contributed by atoms with van der Waals surface area (Å²) in [5.74, 6) is 0. The van der Waals surface area contributed by atoms with Gasteiger partial charge in [0.15, 0.2) is 0 Å². The molecule has 12 N–H and O–H groups in total. The van der Waals surface area contributed by atoms with Gasteiger partial charge in [-0.25, -0.2) is 0 Å². The van der Waals surface area contributed by atoms with E-state index in [4.69, 9.17) is 32.8 Å². The Morgan fingerprint density at radius 3 is 1.37 bits per heavy atom. The Kier molecular flexibility index (Phi) is 35.1. The van der Waals surface area contributed by atoms with Crippen molar-refractivity contribution in [2.45, 2.75) is 77.6 Å². The molecule has 0 saturated carbocycles. The predicted molar refractivity (Wildman–Crippen MR) is 121 cm³/mol. The minimum atomic E-state index is -5.17. The molecule has 11 nitrogen and oxygen atoms in total. The monoisotopic (exact) mass is 458 g/mol. The van der Waals surface area contributed by atoms with E-state index in [2.05, 4.69) is 37.3 Å². The van der Waals surface area contributed by atoms with Gasteiger partial charge in [-0.3, -0.25) is 8.42 Å². The fraction of sp³-hybridized carbons (Fsp3) is 0.667. The molecule has 0 aliphatic carbocycles. The lowest BCUT2D eigenvalue weighted by Gasteiger charge is -2.06. The molecule has 0 spiro atoms. The second-order valence-corrected chi connectivity index (χ2v) is 6.87. The van der Waals surface area contributed by atoms with E-state index >= 15 is 0 Å². The summed E-state index contributed by atoms with van der Waals surface area (Å²) in [6.45, 7) is 2.28. The lowest BCUT2D eigenvalue weighted by molar-refractivity contribution is -0.402. The normalized spacial score (nSPS) is 9.17. The number of hydrogen-bond acceptors (Lipinski definition) is 7. The summed E-state index contributed by atoms with van der Waals surface area (Å²) < 4.78 is 34.1. The summed E-state index contributed by atoms with van der Waals surface area (Å²) in [7, 11) is -5.17. The first-order valence-corrected chi connectivity index (χ1v) is 10.5. The molecule has 0 aromatic heterocycles. The van der Waals surface area contributed by atoms with Crippen LogP contribution < -0.4 is 18.5 Å². The van der Waals surface area contributed by atoms with Gasteiger partial charge in [-0.1, -0.05) is 95.0 Å². The molecule has 182 valence electrons. The molecule has 30 heavy (non-hydrogen) atoms. The van der Waals surface area contributed by atoms with Crippen molar-refractivity contribution in [3.63, 3.8) is 0 Å². The standard InChI is InChI=1S/C18H30.NO3.3H3N.H2O4S/c1-2-3-4-5-6-7-8-9-10-12-15-18-16-13-11-14-17-18;2-1(3)4;;;;1-5(2,3)4/h11,13-14,16-17H,2-10,12,15H2,1H3;;3*1H3;(H2,1,2,3,4)/q;-1;;;;/p+1. The van der Waals surface area contributed by atoms with Gasteiger partial charge in [0.25, 0.3) is 0 Å². The van der Waals surface area contributed by atoms with Crippen LogP contribution in [-0.2, 0) is 16.8 Å². The van der Waals surface area contributed by atoms with Crippen LogP contribution in [0.4, 0.5) is 0 Å². The highest BCUT2D eigenvalue weighted by atomic mass is 32.3. The third-order valence-corrected chi connectivity index (χ3v) is 3.66. The van der Waals surface area contributed by atoms with Gasteiger partial charge < -0.3 is 42.9 Å². The Bertz CT molecular complexity index is 549. The van der Waals surface area contributed by atoms with Crippen LogP contribution in [0.5, 0.6) is 0 Å². The van der Waals surface area contributed by atoms with Crippen molar-refractivity contribution >= 4 is 10.4 Å². The number of benzene rings is 1. The van der Waals surface area contributed by atoms with E-state index in [0.29, 0.717) is 0 Å². The molecule has 0 saturated heterocycles. The van der Waals surface area contributed by atoms with E-state index in [1.165, 1.54) is 76.2 Å². The number of aryl methyl sites for hydroxylation is 1. The highest BCUT2D eigenvalue weighted by Crippen LogP contribution is 2.12. The number of rotatable bonds is 11.